The average molecular weight is 168 g/mol. The largest absolute Gasteiger partial charge is 0.150 e. The minimum Gasteiger partial charge on any atom is -0.150 e. The smallest absolute Gasteiger partial charge is 0.0407 e. The lowest BCUT2D eigenvalue weighted by molar-refractivity contribution is 0.895. The van der Waals surface area contributed by atoms with E-state index in [1.54, 1.807) is 0 Å². The van der Waals surface area contributed by atoms with Gasteiger partial charge in [0.15, 0.2) is 0 Å². The van der Waals surface area contributed by atoms with Crippen molar-refractivity contribution in [3.05, 3.63) is 24.3 Å². The molecule has 0 fully saturated rings. The van der Waals surface area contributed by atoms with E-state index in [1.165, 1.54) is 18.6 Å². The Bertz CT molecular complexity index is 135. The SMILES string of the molecule is CCCCSC1C=CCC=C1. The van der Waals surface area contributed by atoms with Crippen LogP contribution in [0.4, 0.5) is 0 Å². The van der Waals surface area contributed by atoms with Gasteiger partial charge in [0, 0.05) is 5.25 Å². The third kappa shape index (κ3) is 3.66. The summed E-state index contributed by atoms with van der Waals surface area (Å²) in [5.74, 6) is 1.30. The summed E-state index contributed by atoms with van der Waals surface area (Å²) >= 11 is 2.05. The van der Waals surface area contributed by atoms with E-state index in [2.05, 4.69) is 31.2 Å². The quantitative estimate of drug-likeness (QED) is 0.458. The van der Waals surface area contributed by atoms with Gasteiger partial charge in [0.2, 0.25) is 0 Å². The van der Waals surface area contributed by atoms with Crippen molar-refractivity contribution >= 4 is 11.8 Å². The molecule has 0 aliphatic heterocycles. The molecule has 1 heteroatoms. The van der Waals surface area contributed by atoms with Crippen LogP contribution in [-0.4, -0.2) is 11.0 Å². The van der Waals surface area contributed by atoms with Crippen LogP contribution in [0.2, 0.25) is 0 Å². The molecule has 0 aromatic heterocycles. The normalized spacial score (nSPS) is 17.5. The minimum absolute atomic E-state index is 0.662. The van der Waals surface area contributed by atoms with Crippen LogP contribution in [0.15, 0.2) is 24.3 Å². The molecule has 0 radical (unpaired) electrons. The highest BCUT2D eigenvalue weighted by molar-refractivity contribution is 8.00. The van der Waals surface area contributed by atoms with Crippen molar-refractivity contribution in [3.63, 3.8) is 0 Å². The van der Waals surface area contributed by atoms with Crippen molar-refractivity contribution in [2.24, 2.45) is 0 Å². The lowest BCUT2D eigenvalue weighted by Crippen LogP contribution is -1.97. The molecule has 1 rings (SSSR count). The van der Waals surface area contributed by atoms with Gasteiger partial charge >= 0.3 is 0 Å². The summed E-state index contributed by atoms with van der Waals surface area (Å²) in [4.78, 5) is 0. The molecule has 0 saturated carbocycles. The zero-order chi connectivity index (χ0) is 7.94. The molecule has 0 spiro atoms. The Kier molecular flexibility index (Phi) is 4.44. The van der Waals surface area contributed by atoms with Gasteiger partial charge in [0.1, 0.15) is 0 Å². The second-order valence-electron chi connectivity index (χ2n) is 2.78. The summed E-state index contributed by atoms with van der Waals surface area (Å²) in [6.45, 7) is 2.24. The van der Waals surface area contributed by atoms with Crippen molar-refractivity contribution in [2.45, 2.75) is 31.4 Å². The van der Waals surface area contributed by atoms with Gasteiger partial charge in [-0.3, -0.25) is 0 Å². The summed E-state index contributed by atoms with van der Waals surface area (Å²) < 4.78 is 0. The topological polar surface area (TPSA) is 0 Å². The van der Waals surface area contributed by atoms with Crippen molar-refractivity contribution in [1.82, 2.24) is 0 Å². The average Bonchev–Trinajstić information content (AvgIpc) is 2.07. The van der Waals surface area contributed by atoms with Crippen LogP contribution in [0.3, 0.4) is 0 Å². The number of thioether (sulfide) groups is 1. The van der Waals surface area contributed by atoms with E-state index in [-0.39, 0.29) is 0 Å². The van der Waals surface area contributed by atoms with Gasteiger partial charge in [-0.1, -0.05) is 37.6 Å². The van der Waals surface area contributed by atoms with Crippen LogP contribution in [0.1, 0.15) is 26.2 Å². The molecule has 0 unspecified atom stereocenters. The molecule has 62 valence electrons. The van der Waals surface area contributed by atoms with Crippen LogP contribution >= 0.6 is 11.8 Å². The van der Waals surface area contributed by atoms with Gasteiger partial charge in [-0.2, -0.15) is 11.8 Å². The van der Waals surface area contributed by atoms with Gasteiger partial charge in [0.05, 0.1) is 0 Å². The molecule has 0 nitrogen and oxygen atoms in total. The van der Waals surface area contributed by atoms with E-state index in [0.717, 1.165) is 6.42 Å². The van der Waals surface area contributed by atoms with Crippen LogP contribution < -0.4 is 0 Å². The van der Waals surface area contributed by atoms with Gasteiger partial charge in [0.25, 0.3) is 0 Å². The van der Waals surface area contributed by atoms with E-state index in [0.29, 0.717) is 5.25 Å². The van der Waals surface area contributed by atoms with Crippen LogP contribution in [0.5, 0.6) is 0 Å². The highest BCUT2D eigenvalue weighted by Crippen LogP contribution is 2.18. The fraction of sp³-hybridized carbons (Fsp3) is 0.600. The summed E-state index contributed by atoms with van der Waals surface area (Å²) in [7, 11) is 0. The van der Waals surface area contributed by atoms with Crippen LogP contribution in [0, 0.1) is 0 Å². The zero-order valence-electron chi connectivity index (χ0n) is 7.12. The zero-order valence-corrected chi connectivity index (χ0v) is 7.94. The fourth-order valence-electron chi connectivity index (χ4n) is 1.04. The number of hydrogen-bond acceptors (Lipinski definition) is 1. The van der Waals surface area contributed by atoms with Crippen molar-refractivity contribution in [2.75, 3.05) is 5.75 Å². The molecule has 0 N–H and O–H groups in total. The monoisotopic (exact) mass is 168 g/mol. The Balaban J connectivity index is 2.10. The Hall–Kier alpha value is -0.170. The van der Waals surface area contributed by atoms with Gasteiger partial charge < -0.3 is 0 Å². The molecule has 0 saturated heterocycles. The number of unbranched alkanes of at least 4 members (excludes halogenated alkanes) is 1. The molecular weight excluding hydrogens is 152 g/mol. The number of hydrogen-bond donors (Lipinski definition) is 0. The molecule has 0 atom stereocenters. The second-order valence-corrected chi connectivity index (χ2v) is 4.07. The second kappa shape index (κ2) is 5.48. The summed E-state index contributed by atoms with van der Waals surface area (Å²) in [5, 5.41) is 0.662. The van der Waals surface area contributed by atoms with E-state index < -0.39 is 0 Å². The van der Waals surface area contributed by atoms with Crippen LogP contribution in [-0.2, 0) is 0 Å². The first-order valence-electron chi connectivity index (χ1n) is 4.38. The molecule has 0 heterocycles. The minimum atomic E-state index is 0.662. The first-order chi connectivity index (χ1) is 5.43. The fourth-order valence-corrected chi connectivity index (χ4v) is 2.21. The highest BCUT2D eigenvalue weighted by atomic mass is 32.2. The maximum Gasteiger partial charge on any atom is 0.0407 e. The molecule has 0 amide bonds. The summed E-state index contributed by atoms with van der Waals surface area (Å²) in [6, 6.07) is 0. The summed E-state index contributed by atoms with van der Waals surface area (Å²) in [5.41, 5.74) is 0. The molecule has 11 heavy (non-hydrogen) atoms. The Morgan fingerprint density at radius 2 is 2.09 bits per heavy atom. The van der Waals surface area contributed by atoms with Gasteiger partial charge in [-0.15, -0.1) is 0 Å². The Morgan fingerprint density at radius 1 is 1.36 bits per heavy atom. The molecule has 1 aliphatic carbocycles. The number of allylic oxidation sites excluding steroid dienone is 2. The van der Waals surface area contributed by atoms with Crippen molar-refractivity contribution < 1.29 is 0 Å². The third-order valence-corrected chi connectivity index (χ3v) is 2.96. The molecule has 0 aromatic rings. The van der Waals surface area contributed by atoms with E-state index in [4.69, 9.17) is 0 Å². The Morgan fingerprint density at radius 3 is 2.73 bits per heavy atom. The maximum absolute atomic E-state index is 2.31. The summed E-state index contributed by atoms with van der Waals surface area (Å²) in [6.07, 6.45) is 12.9. The first kappa shape index (κ1) is 8.92. The molecule has 0 bridgehead atoms. The maximum atomic E-state index is 2.31. The predicted octanol–water partition coefficient (Wildman–Crippen LogP) is 3.40. The Labute approximate surface area is 73.8 Å². The molecular formula is C10H16S. The van der Waals surface area contributed by atoms with Gasteiger partial charge in [-0.25, -0.2) is 0 Å². The van der Waals surface area contributed by atoms with E-state index in [9.17, 15) is 0 Å². The van der Waals surface area contributed by atoms with Gasteiger partial charge in [-0.05, 0) is 18.6 Å². The predicted molar refractivity (Wildman–Crippen MR) is 54.1 cm³/mol. The first-order valence-corrected chi connectivity index (χ1v) is 5.43. The highest BCUT2D eigenvalue weighted by Gasteiger charge is 2.01. The third-order valence-electron chi connectivity index (χ3n) is 1.73. The standard InChI is InChI=1S/C10H16S/c1-2-3-9-11-10-7-5-4-6-8-10/h5-8,10H,2-4,9H2,1H3. The van der Waals surface area contributed by atoms with Crippen molar-refractivity contribution in [1.29, 1.82) is 0 Å². The lowest BCUT2D eigenvalue weighted by atomic mass is 10.2. The number of rotatable bonds is 4. The van der Waals surface area contributed by atoms with Crippen molar-refractivity contribution in [3.8, 4) is 0 Å². The lowest BCUT2D eigenvalue weighted by Gasteiger charge is -2.09. The molecule has 0 aromatic carbocycles. The van der Waals surface area contributed by atoms with Crippen LogP contribution in [0.25, 0.3) is 0 Å². The molecule has 1 aliphatic rings. The van der Waals surface area contributed by atoms with E-state index >= 15 is 0 Å². The van der Waals surface area contributed by atoms with E-state index in [1.807, 2.05) is 11.8 Å².